The first-order valence-electron chi connectivity index (χ1n) is 9.42. The molecular weight excluding hydrogens is 358 g/mol. The summed E-state index contributed by atoms with van der Waals surface area (Å²) < 4.78 is 16.3. The summed E-state index contributed by atoms with van der Waals surface area (Å²) in [5.74, 6) is -0.407. The number of aryl methyl sites for hydroxylation is 2. The van der Waals surface area contributed by atoms with Crippen molar-refractivity contribution in [3.63, 3.8) is 0 Å². The summed E-state index contributed by atoms with van der Waals surface area (Å²) in [6.45, 7) is 11.2. The molecule has 2 rings (SSSR count). The lowest BCUT2D eigenvalue weighted by atomic mass is 9.92. The van der Waals surface area contributed by atoms with Crippen LogP contribution in [0.1, 0.15) is 59.8 Å². The highest BCUT2D eigenvalue weighted by molar-refractivity contribution is 6.07. The zero-order chi connectivity index (χ0) is 20.8. The number of hydrogen-bond acceptors (Lipinski definition) is 6. The maximum atomic E-state index is 12.7. The van der Waals surface area contributed by atoms with Gasteiger partial charge in [0.1, 0.15) is 5.75 Å². The van der Waals surface area contributed by atoms with Crippen molar-refractivity contribution in [2.24, 2.45) is 0 Å². The van der Waals surface area contributed by atoms with Gasteiger partial charge < -0.3 is 14.2 Å². The SMILES string of the molecule is CCOC(=O)c1c(C)nc(C)c(C(=O)OCC)c1-c1cccc(OC(C)C)c1. The van der Waals surface area contributed by atoms with E-state index in [9.17, 15) is 9.59 Å². The highest BCUT2D eigenvalue weighted by Crippen LogP contribution is 2.34. The van der Waals surface area contributed by atoms with E-state index in [1.165, 1.54) is 0 Å². The van der Waals surface area contributed by atoms with Crippen molar-refractivity contribution in [1.29, 1.82) is 0 Å². The third kappa shape index (κ3) is 4.68. The maximum Gasteiger partial charge on any atom is 0.340 e. The molecule has 1 heterocycles. The second-order valence-electron chi connectivity index (χ2n) is 6.54. The van der Waals surface area contributed by atoms with Gasteiger partial charge in [0.15, 0.2) is 0 Å². The van der Waals surface area contributed by atoms with Crippen molar-refractivity contribution < 1.29 is 23.8 Å². The van der Waals surface area contributed by atoms with Crippen LogP contribution in [0.3, 0.4) is 0 Å². The molecule has 6 heteroatoms. The molecule has 0 spiro atoms. The minimum Gasteiger partial charge on any atom is -0.491 e. The highest BCUT2D eigenvalue weighted by atomic mass is 16.5. The van der Waals surface area contributed by atoms with Crippen LogP contribution in [0.5, 0.6) is 5.75 Å². The van der Waals surface area contributed by atoms with E-state index in [2.05, 4.69) is 4.98 Å². The molecule has 0 unspecified atom stereocenters. The van der Waals surface area contributed by atoms with Crippen molar-refractivity contribution >= 4 is 11.9 Å². The molecule has 0 aliphatic carbocycles. The highest BCUT2D eigenvalue weighted by Gasteiger charge is 2.28. The second kappa shape index (κ2) is 9.35. The van der Waals surface area contributed by atoms with Crippen LogP contribution in [0.2, 0.25) is 0 Å². The molecule has 0 aliphatic rings. The number of esters is 2. The Bertz CT molecular complexity index is 831. The van der Waals surface area contributed by atoms with Crippen LogP contribution < -0.4 is 4.74 Å². The smallest absolute Gasteiger partial charge is 0.340 e. The number of ether oxygens (including phenoxy) is 3. The largest absolute Gasteiger partial charge is 0.491 e. The van der Waals surface area contributed by atoms with Crippen LogP contribution in [0.15, 0.2) is 24.3 Å². The van der Waals surface area contributed by atoms with E-state index in [4.69, 9.17) is 14.2 Å². The molecule has 0 N–H and O–H groups in total. The number of carbonyl (C=O) groups is 2. The van der Waals surface area contributed by atoms with Gasteiger partial charge in [-0.3, -0.25) is 4.98 Å². The zero-order valence-corrected chi connectivity index (χ0v) is 17.3. The minimum atomic E-state index is -0.525. The van der Waals surface area contributed by atoms with Gasteiger partial charge in [0.05, 0.1) is 41.8 Å². The molecule has 1 aromatic heterocycles. The zero-order valence-electron chi connectivity index (χ0n) is 17.3. The molecule has 0 amide bonds. The second-order valence-corrected chi connectivity index (χ2v) is 6.54. The van der Waals surface area contributed by atoms with E-state index < -0.39 is 11.9 Å². The van der Waals surface area contributed by atoms with Crippen LogP contribution in [-0.2, 0) is 9.47 Å². The van der Waals surface area contributed by atoms with Crippen molar-refractivity contribution in [2.45, 2.75) is 47.6 Å². The number of benzene rings is 1. The molecule has 0 aliphatic heterocycles. The summed E-state index contributed by atoms with van der Waals surface area (Å²) in [5, 5.41) is 0. The number of rotatable bonds is 7. The van der Waals surface area contributed by atoms with Gasteiger partial charge in [0, 0.05) is 5.56 Å². The third-order valence-corrected chi connectivity index (χ3v) is 4.01. The van der Waals surface area contributed by atoms with Crippen LogP contribution in [0.4, 0.5) is 0 Å². The van der Waals surface area contributed by atoms with Crippen LogP contribution >= 0.6 is 0 Å². The van der Waals surface area contributed by atoms with E-state index in [1.807, 2.05) is 32.0 Å². The van der Waals surface area contributed by atoms with Gasteiger partial charge in [0.2, 0.25) is 0 Å². The summed E-state index contributed by atoms with van der Waals surface area (Å²) in [7, 11) is 0. The third-order valence-electron chi connectivity index (χ3n) is 4.01. The molecule has 0 bridgehead atoms. The molecule has 28 heavy (non-hydrogen) atoms. The van der Waals surface area contributed by atoms with Crippen molar-refractivity contribution in [2.75, 3.05) is 13.2 Å². The first-order chi connectivity index (χ1) is 13.3. The average Bonchev–Trinajstić information content (AvgIpc) is 2.61. The summed E-state index contributed by atoms with van der Waals surface area (Å²) >= 11 is 0. The van der Waals surface area contributed by atoms with Gasteiger partial charge in [-0.1, -0.05) is 12.1 Å². The van der Waals surface area contributed by atoms with Crippen molar-refractivity contribution in [3.05, 3.63) is 46.8 Å². The molecule has 0 saturated heterocycles. The van der Waals surface area contributed by atoms with Crippen molar-refractivity contribution in [3.8, 4) is 16.9 Å². The van der Waals surface area contributed by atoms with Gasteiger partial charge in [-0.25, -0.2) is 9.59 Å². The fraction of sp³-hybridized carbons (Fsp3) is 0.409. The van der Waals surface area contributed by atoms with Gasteiger partial charge >= 0.3 is 11.9 Å². The maximum absolute atomic E-state index is 12.7. The van der Waals surface area contributed by atoms with Crippen LogP contribution in [-0.4, -0.2) is 36.2 Å². The lowest BCUT2D eigenvalue weighted by Crippen LogP contribution is -2.17. The standard InChI is InChI=1S/C22H27NO5/c1-7-26-21(24)18-14(5)23-15(6)19(22(25)27-8-2)20(18)16-10-9-11-17(12-16)28-13(3)4/h9-13H,7-8H2,1-6H3. The monoisotopic (exact) mass is 385 g/mol. The number of nitrogens with zero attached hydrogens (tertiary/aromatic N) is 1. The van der Waals surface area contributed by atoms with E-state index >= 15 is 0 Å². The molecular formula is C22H27NO5. The fourth-order valence-electron chi connectivity index (χ4n) is 3.04. The lowest BCUT2D eigenvalue weighted by molar-refractivity contribution is 0.0525. The first kappa shape index (κ1) is 21.4. The van der Waals surface area contributed by atoms with Crippen LogP contribution in [0, 0.1) is 13.8 Å². The number of pyridine rings is 1. The van der Waals surface area contributed by atoms with Gasteiger partial charge in [-0.05, 0) is 59.2 Å². The Labute approximate surface area is 165 Å². The Balaban J connectivity index is 2.81. The molecule has 150 valence electrons. The Hall–Kier alpha value is -2.89. The first-order valence-corrected chi connectivity index (χ1v) is 9.42. The van der Waals surface area contributed by atoms with Crippen LogP contribution in [0.25, 0.3) is 11.1 Å². The Morgan fingerprint density at radius 3 is 1.96 bits per heavy atom. The fourth-order valence-corrected chi connectivity index (χ4v) is 3.04. The average molecular weight is 385 g/mol. The van der Waals surface area contributed by atoms with E-state index in [0.717, 1.165) is 0 Å². The van der Waals surface area contributed by atoms with Gasteiger partial charge in [-0.15, -0.1) is 0 Å². The van der Waals surface area contributed by atoms with Crippen molar-refractivity contribution in [1.82, 2.24) is 4.98 Å². The lowest BCUT2D eigenvalue weighted by Gasteiger charge is -2.18. The molecule has 0 atom stereocenters. The van der Waals surface area contributed by atoms with E-state index in [-0.39, 0.29) is 30.4 Å². The van der Waals surface area contributed by atoms with Gasteiger partial charge in [-0.2, -0.15) is 0 Å². The quantitative estimate of drug-likeness (QED) is 0.653. The van der Waals surface area contributed by atoms with E-state index in [1.54, 1.807) is 33.8 Å². The van der Waals surface area contributed by atoms with Gasteiger partial charge in [0.25, 0.3) is 0 Å². The molecule has 6 nitrogen and oxygen atoms in total. The number of aromatic nitrogens is 1. The van der Waals surface area contributed by atoms with E-state index in [0.29, 0.717) is 28.3 Å². The number of hydrogen-bond donors (Lipinski definition) is 0. The molecule has 0 saturated carbocycles. The molecule has 0 radical (unpaired) electrons. The predicted molar refractivity (Wildman–Crippen MR) is 107 cm³/mol. The Morgan fingerprint density at radius 2 is 1.50 bits per heavy atom. The molecule has 2 aromatic rings. The Kier molecular flexibility index (Phi) is 7.15. The normalized spacial score (nSPS) is 10.7. The molecule has 1 aromatic carbocycles. The summed E-state index contributed by atoms with van der Waals surface area (Å²) in [6, 6.07) is 7.28. The minimum absolute atomic E-state index is 0.00906. The molecule has 0 fully saturated rings. The predicted octanol–water partition coefficient (Wildman–Crippen LogP) is 4.51. The summed E-state index contributed by atoms with van der Waals surface area (Å²) in [6.07, 6.45) is -0.00906. The Morgan fingerprint density at radius 1 is 0.964 bits per heavy atom. The summed E-state index contributed by atoms with van der Waals surface area (Å²) in [4.78, 5) is 29.8. The summed E-state index contributed by atoms with van der Waals surface area (Å²) in [5.41, 5.74) is 2.63. The topological polar surface area (TPSA) is 74.7 Å². The number of carbonyl (C=O) groups excluding carboxylic acids is 2.